The van der Waals surface area contributed by atoms with Crippen molar-refractivity contribution in [1.29, 1.82) is 0 Å². The molecule has 1 N–H and O–H groups in total. The number of aromatic nitrogens is 1. The maximum Gasteiger partial charge on any atom is 0.220 e. The number of amides is 1. The van der Waals surface area contributed by atoms with E-state index in [-0.39, 0.29) is 5.91 Å². The molecule has 0 atom stereocenters. The van der Waals surface area contributed by atoms with Crippen molar-refractivity contribution < 1.29 is 9.53 Å². The number of thiazole rings is 1. The number of rotatable bonds is 6. The number of nitrogens with one attached hydrogen (secondary N) is 1. The molecule has 1 aromatic carbocycles. The molecule has 0 radical (unpaired) electrons. The number of carbonyl (C=O) groups excluding carboxylic acids is 1. The maximum absolute atomic E-state index is 11.9. The van der Waals surface area contributed by atoms with E-state index in [0.717, 1.165) is 43.4 Å². The second-order valence-corrected chi connectivity index (χ2v) is 6.49. The molecule has 2 aromatic rings. The highest BCUT2D eigenvalue weighted by atomic mass is 32.1. The minimum atomic E-state index is 0.104. The first kappa shape index (κ1) is 15.4. The lowest BCUT2D eigenvalue weighted by Crippen LogP contribution is -2.41. The van der Waals surface area contributed by atoms with Crippen LogP contribution in [0.15, 0.2) is 24.3 Å². The molecule has 1 aromatic heterocycles. The number of morpholine rings is 1. The van der Waals surface area contributed by atoms with Gasteiger partial charge in [-0.25, -0.2) is 4.98 Å². The molecule has 1 saturated heterocycles. The number of hydrogen-bond donors (Lipinski definition) is 1. The number of hydrogen-bond acceptors (Lipinski definition) is 5. The van der Waals surface area contributed by atoms with Crippen molar-refractivity contribution in [3.05, 3.63) is 29.3 Å². The number of carbonyl (C=O) groups is 1. The highest BCUT2D eigenvalue weighted by molar-refractivity contribution is 7.18. The number of ether oxygens (including phenoxy) is 1. The predicted molar refractivity (Wildman–Crippen MR) is 88.2 cm³/mol. The van der Waals surface area contributed by atoms with Gasteiger partial charge in [-0.05, 0) is 12.1 Å². The van der Waals surface area contributed by atoms with E-state index in [1.54, 1.807) is 11.3 Å². The Morgan fingerprint density at radius 2 is 2.14 bits per heavy atom. The summed E-state index contributed by atoms with van der Waals surface area (Å²) in [6.45, 7) is 5.12. The summed E-state index contributed by atoms with van der Waals surface area (Å²) in [6.07, 6.45) is 1.21. The van der Waals surface area contributed by atoms with Crippen LogP contribution in [0.4, 0.5) is 0 Å². The van der Waals surface area contributed by atoms with Gasteiger partial charge in [0.05, 0.1) is 28.4 Å². The molecule has 3 rings (SSSR count). The molecular weight excluding hydrogens is 298 g/mol. The molecule has 0 saturated carbocycles. The molecule has 2 heterocycles. The summed E-state index contributed by atoms with van der Waals surface area (Å²) < 4.78 is 6.49. The molecule has 6 heteroatoms. The van der Waals surface area contributed by atoms with E-state index < -0.39 is 0 Å². The van der Waals surface area contributed by atoms with Crippen molar-refractivity contribution in [2.75, 3.05) is 39.4 Å². The van der Waals surface area contributed by atoms with Crippen molar-refractivity contribution in [3.8, 4) is 0 Å². The molecule has 22 heavy (non-hydrogen) atoms. The van der Waals surface area contributed by atoms with Crippen LogP contribution >= 0.6 is 11.3 Å². The lowest BCUT2D eigenvalue weighted by atomic mass is 10.3. The number of para-hydroxylation sites is 1. The summed E-state index contributed by atoms with van der Waals surface area (Å²) in [5.41, 5.74) is 1.02. The SMILES string of the molecule is O=C(CCc1nc2ccccc2s1)NCCN1CCOCC1. The van der Waals surface area contributed by atoms with E-state index in [1.807, 2.05) is 18.2 Å². The smallest absolute Gasteiger partial charge is 0.220 e. The Bertz CT molecular complexity index is 590. The third-order valence-corrected chi connectivity index (χ3v) is 4.85. The van der Waals surface area contributed by atoms with Crippen LogP contribution in [0.5, 0.6) is 0 Å². The Hall–Kier alpha value is -1.50. The second-order valence-electron chi connectivity index (χ2n) is 5.38. The molecule has 1 fully saturated rings. The summed E-state index contributed by atoms with van der Waals surface area (Å²) in [6, 6.07) is 8.09. The molecular formula is C16H21N3O2S. The molecule has 0 unspecified atom stereocenters. The van der Waals surface area contributed by atoms with Crippen LogP contribution < -0.4 is 5.32 Å². The van der Waals surface area contributed by atoms with Crippen LogP contribution in [0, 0.1) is 0 Å². The van der Waals surface area contributed by atoms with E-state index in [4.69, 9.17) is 4.74 Å². The van der Waals surface area contributed by atoms with Crippen molar-refractivity contribution in [2.45, 2.75) is 12.8 Å². The Kier molecular flexibility index (Phi) is 5.37. The normalized spacial score (nSPS) is 16.0. The van der Waals surface area contributed by atoms with Crippen LogP contribution in [-0.4, -0.2) is 55.2 Å². The van der Waals surface area contributed by atoms with Crippen LogP contribution in [0.3, 0.4) is 0 Å². The molecule has 1 aliphatic heterocycles. The van der Waals surface area contributed by atoms with Gasteiger partial charge >= 0.3 is 0 Å². The third kappa shape index (κ3) is 4.25. The maximum atomic E-state index is 11.9. The van der Waals surface area contributed by atoms with Crippen molar-refractivity contribution in [3.63, 3.8) is 0 Å². The fraction of sp³-hybridized carbons (Fsp3) is 0.500. The third-order valence-electron chi connectivity index (χ3n) is 3.76. The van der Waals surface area contributed by atoms with Crippen LogP contribution in [0.25, 0.3) is 10.2 Å². The average Bonchev–Trinajstić information content (AvgIpc) is 2.97. The topological polar surface area (TPSA) is 54.5 Å². The molecule has 0 aliphatic carbocycles. The summed E-state index contributed by atoms with van der Waals surface area (Å²) in [5, 5.41) is 4.02. The van der Waals surface area contributed by atoms with E-state index >= 15 is 0 Å². The number of fused-ring (bicyclic) bond motifs is 1. The van der Waals surface area contributed by atoms with Crippen LogP contribution in [-0.2, 0) is 16.0 Å². The van der Waals surface area contributed by atoms with Crippen LogP contribution in [0.2, 0.25) is 0 Å². The summed E-state index contributed by atoms with van der Waals surface area (Å²) in [7, 11) is 0. The number of nitrogens with zero attached hydrogens (tertiary/aromatic N) is 2. The van der Waals surface area contributed by atoms with Gasteiger partial charge in [0.2, 0.25) is 5.91 Å². The fourth-order valence-electron chi connectivity index (χ4n) is 2.51. The number of aryl methyl sites for hydroxylation is 1. The monoisotopic (exact) mass is 319 g/mol. The van der Waals surface area contributed by atoms with Crippen LogP contribution in [0.1, 0.15) is 11.4 Å². The summed E-state index contributed by atoms with van der Waals surface area (Å²) in [4.78, 5) is 18.8. The second kappa shape index (κ2) is 7.67. The Morgan fingerprint density at radius 1 is 1.32 bits per heavy atom. The van der Waals surface area contributed by atoms with Crippen molar-refractivity contribution in [2.24, 2.45) is 0 Å². The summed E-state index contributed by atoms with van der Waals surface area (Å²) in [5.74, 6) is 0.104. The predicted octanol–water partition coefficient (Wildman–Crippen LogP) is 1.68. The molecule has 5 nitrogen and oxygen atoms in total. The molecule has 118 valence electrons. The molecule has 1 aliphatic rings. The van der Waals surface area contributed by atoms with Gasteiger partial charge in [0.25, 0.3) is 0 Å². The Balaban J connectivity index is 1.38. The Labute approximate surface area is 134 Å². The van der Waals surface area contributed by atoms with Gasteiger partial charge in [0.15, 0.2) is 0 Å². The zero-order valence-corrected chi connectivity index (χ0v) is 13.4. The highest BCUT2D eigenvalue weighted by Crippen LogP contribution is 2.22. The lowest BCUT2D eigenvalue weighted by Gasteiger charge is -2.26. The van der Waals surface area contributed by atoms with E-state index in [0.29, 0.717) is 19.4 Å². The van der Waals surface area contributed by atoms with Gasteiger partial charge in [0.1, 0.15) is 0 Å². The van der Waals surface area contributed by atoms with Gasteiger partial charge in [-0.3, -0.25) is 9.69 Å². The van der Waals surface area contributed by atoms with Crippen molar-refractivity contribution in [1.82, 2.24) is 15.2 Å². The zero-order valence-electron chi connectivity index (χ0n) is 12.6. The zero-order chi connectivity index (χ0) is 15.2. The molecule has 0 spiro atoms. The van der Waals surface area contributed by atoms with Gasteiger partial charge in [-0.1, -0.05) is 12.1 Å². The standard InChI is InChI=1S/C16H21N3O2S/c20-15(17-7-8-19-9-11-21-12-10-19)5-6-16-18-13-3-1-2-4-14(13)22-16/h1-4H,5-12H2,(H,17,20). The van der Waals surface area contributed by atoms with E-state index in [9.17, 15) is 4.79 Å². The van der Waals surface area contributed by atoms with Gasteiger partial charge in [0, 0.05) is 39.0 Å². The molecule has 1 amide bonds. The highest BCUT2D eigenvalue weighted by Gasteiger charge is 2.10. The number of benzene rings is 1. The first-order valence-electron chi connectivity index (χ1n) is 7.72. The van der Waals surface area contributed by atoms with Gasteiger partial charge < -0.3 is 10.1 Å². The first-order valence-corrected chi connectivity index (χ1v) is 8.54. The lowest BCUT2D eigenvalue weighted by molar-refractivity contribution is -0.121. The largest absolute Gasteiger partial charge is 0.379 e. The quantitative estimate of drug-likeness (QED) is 0.880. The summed E-state index contributed by atoms with van der Waals surface area (Å²) >= 11 is 1.67. The van der Waals surface area contributed by atoms with E-state index in [2.05, 4.69) is 21.3 Å². The van der Waals surface area contributed by atoms with Crippen molar-refractivity contribution >= 4 is 27.5 Å². The minimum absolute atomic E-state index is 0.104. The molecule has 0 bridgehead atoms. The fourth-order valence-corrected chi connectivity index (χ4v) is 3.48. The minimum Gasteiger partial charge on any atom is -0.379 e. The average molecular weight is 319 g/mol. The Morgan fingerprint density at radius 3 is 2.95 bits per heavy atom. The first-order chi connectivity index (χ1) is 10.8. The van der Waals surface area contributed by atoms with E-state index in [1.165, 1.54) is 4.70 Å². The van der Waals surface area contributed by atoms with Gasteiger partial charge in [-0.2, -0.15) is 0 Å². The van der Waals surface area contributed by atoms with Gasteiger partial charge in [-0.15, -0.1) is 11.3 Å².